The van der Waals surface area contributed by atoms with Crippen LogP contribution in [0.15, 0.2) is 64.0 Å². The molecule has 0 aliphatic carbocycles. The summed E-state index contributed by atoms with van der Waals surface area (Å²) in [6.07, 6.45) is -0.861. The lowest BCUT2D eigenvalue weighted by Crippen LogP contribution is -2.53. The number of hydrogen-bond acceptors (Lipinski definition) is 6. The summed E-state index contributed by atoms with van der Waals surface area (Å²) in [5.74, 6) is -0.388. The average Bonchev–Trinajstić information content (AvgIpc) is 3.05. The van der Waals surface area contributed by atoms with Crippen LogP contribution in [0.5, 0.6) is 0 Å². The predicted octanol–water partition coefficient (Wildman–Crippen LogP) is 0.673. The van der Waals surface area contributed by atoms with Gasteiger partial charge in [-0.15, -0.1) is 0 Å². The van der Waals surface area contributed by atoms with Crippen LogP contribution in [0.25, 0.3) is 0 Å². The van der Waals surface area contributed by atoms with Gasteiger partial charge in [0.15, 0.2) is 0 Å². The molecule has 2 unspecified atom stereocenters. The lowest BCUT2D eigenvalue weighted by molar-refractivity contribution is -0.118. The normalized spacial score (nSPS) is 20.4. The van der Waals surface area contributed by atoms with E-state index in [0.29, 0.717) is 5.69 Å². The summed E-state index contributed by atoms with van der Waals surface area (Å²) < 4.78 is 28.2. The minimum atomic E-state index is -3.77. The highest BCUT2D eigenvalue weighted by atomic mass is 79.9. The van der Waals surface area contributed by atoms with Crippen LogP contribution in [-0.4, -0.2) is 26.5 Å². The first-order chi connectivity index (χ1) is 12.0. The Morgan fingerprint density at radius 3 is 2.36 bits per heavy atom. The highest BCUT2D eigenvalue weighted by Crippen LogP contribution is 2.15. The molecular formula is C15H16BrN5O3S. The molecule has 2 aromatic carbocycles. The van der Waals surface area contributed by atoms with Crippen LogP contribution >= 0.6 is 15.9 Å². The molecule has 8 nitrogen and oxygen atoms in total. The first-order valence-electron chi connectivity index (χ1n) is 7.35. The molecule has 3 rings (SSSR count). The molecule has 1 saturated heterocycles. The first kappa shape index (κ1) is 18.0. The zero-order valence-electron chi connectivity index (χ0n) is 12.9. The van der Waals surface area contributed by atoms with Crippen molar-refractivity contribution >= 4 is 37.5 Å². The highest BCUT2D eigenvalue weighted by molar-refractivity contribution is 9.10. The fraction of sp³-hybridized carbons (Fsp3) is 0.133. The molecule has 132 valence electrons. The number of rotatable bonds is 5. The van der Waals surface area contributed by atoms with Crippen LogP contribution in [0.2, 0.25) is 0 Å². The SMILES string of the molecule is O=C(Nc1ccc(Br)cc1)C1NNNC1NS(=O)(=O)c1ccccc1. The number of sulfonamides is 1. The summed E-state index contributed by atoms with van der Waals surface area (Å²) in [6, 6.07) is 14.2. The molecule has 10 heteroatoms. The van der Waals surface area contributed by atoms with Crippen LogP contribution < -0.4 is 26.4 Å². The van der Waals surface area contributed by atoms with Crippen LogP contribution in [-0.2, 0) is 14.8 Å². The number of nitrogens with one attached hydrogen (secondary N) is 5. The van der Waals surface area contributed by atoms with Gasteiger partial charge >= 0.3 is 0 Å². The predicted molar refractivity (Wildman–Crippen MR) is 96.5 cm³/mol. The largest absolute Gasteiger partial charge is 0.325 e. The maximum atomic E-state index is 12.4. The maximum Gasteiger partial charge on any atom is 0.246 e. The number of hydrogen-bond donors (Lipinski definition) is 5. The Labute approximate surface area is 153 Å². The third-order valence-electron chi connectivity index (χ3n) is 3.52. The van der Waals surface area contributed by atoms with E-state index in [1.54, 1.807) is 42.5 Å². The van der Waals surface area contributed by atoms with Gasteiger partial charge in [0, 0.05) is 10.2 Å². The van der Waals surface area contributed by atoms with Gasteiger partial charge in [-0.3, -0.25) is 4.79 Å². The van der Waals surface area contributed by atoms with Crippen molar-refractivity contribution in [3.05, 3.63) is 59.1 Å². The van der Waals surface area contributed by atoms with Crippen LogP contribution in [0, 0.1) is 0 Å². The zero-order valence-corrected chi connectivity index (χ0v) is 15.3. The third-order valence-corrected chi connectivity index (χ3v) is 5.50. The Kier molecular flexibility index (Phi) is 5.47. The molecule has 0 saturated carbocycles. The Bertz CT molecular complexity index is 845. The molecule has 0 bridgehead atoms. The molecule has 2 atom stereocenters. The number of carbonyl (C=O) groups excluding carboxylic acids is 1. The fourth-order valence-electron chi connectivity index (χ4n) is 2.27. The summed E-state index contributed by atoms with van der Waals surface area (Å²) in [6.45, 7) is 0. The number of halogens is 1. The summed E-state index contributed by atoms with van der Waals surface area (Å²) >= 11 is 3.32. The van der Waals surface area contributed by atoms with Crippen molar-refractivity contribution < 1.29 is 13.2 Å². The van der Waals surface area contributed by atoms with E-state index < -0.39 is 22.2 Å². The second-order valence-corrected chi connectivity index (χ2v) is 7.93. The quantitative estimate of drug-likeness (QED) is 0.481. The van der Waals surface area contributed by atoms with Gasteiger partial charge in [0.25, 0.3) is 0 Å². The second kappa shape index (κ2) is 7.60. The van der Waals surface area contributed by atoms with Gasteiger partial charge in [0.1, 0.15) is 12.2 Å². The molecule has 2 aromatic rings. The number of amides is 1. The van der Waals surface area contributed by atoms with Crippen molar-refractivity contribution in [3.8, 4) is 0 Å². The van der Waals surface area contributed by atoms with E-state index in [1.165, 1.54) is 12.1 Å². The van der Waals surface area contributed by atoms with Crippen molar-refractivity contribution in [2.24, 2.45) is 0 Å². The first-order valence-corrected chi connectivity index (χ1v) is 9.63. The smallest absolute Gasteiger partial charge is 0.246 e. The van der Waals surface area contributed by atoms with Gasteiger partial charge in [0.2, 0.25) is 15.9 Å². The van der Waals surface area contributed by atoms with Gasteiger partial charge < -0.3 is 5.32 Å². The van der Waals surface area contributed by atoms with Crippen molar-refractivity contribution in [3.63, 3.8) is 0 Å². The molecule has 25 heavy (non-hydrogen) atoms. The Hall–Kier alpha value is -1.82. The van der Waals surface area contributed by atoms with E-state index in [-0.39, 0.29) is 10.8 Å². The Balaban J connectivity index is 1.70. The van der Waals surface area contributed by atoms with Crippen molar-refractivity contribution in [2.45, 2.75) is 17.1 Å². The standard InChI is InChI=1S/C15H16BrN5O3S/c16-10-6-8-11(9-7-10)17-15(22)13-14(19-21-18-13)20-25(23,24)12-4-2-1-3-5-12/h1-9,13-14,18-21H,(H,17,22). The van der Waals surface area contributed by atoms with E-state index in [2.05, 4.69) is 42.4 Å². The summed E-state index contributed by atoms with van der Waals surface area (Å²) in [5.41, 5.74) is 8.57. The molecule has 1 heterocycles. The van der Waals surface area contributed by atoms with E-state index in [4.69, 9.17) is 0 Å². The summed E-state index contributed by atoms with van der Waals surface area (Å²) in [7, 11) is -3.77. The molecule has 1 fully saturated rings. The van der Waals surface area contributed by atoms with E-state index in [9.17, 15) is 13.2 Å². The van der Waals surface area contributed by atoms with E-state index in [0.717, 1.165) is 4.47 Å². The molecule has 0 aromatic heterocycles. The number of carbonyl (C=O) groups is 1. The Morgan fingerprint density at radius 1 is 1.00 bits per heavy atom. The second-order valence-electron chi connectivity index (χ2n) is 5.30. The minimum absolute atomic E-state index is 0.121. The fourth-order valence-corrected chi connectivity index (χ4v) is 3.71. The van der Waals surface area contributed by atoms with Gasteiger partial charge in [-0.25, -0.2) is 19.3 Å². The number of anilines is 1. The maximum absolute atomic E-state index is 12.4. The van der Waals surface area contributed by atoms with Crippen LogP contribution in [0.4, 0.5) is 5.69 Å². The molecule has 1 aliphatic rings. The molecule has 1 aliphatic heterocycles. The van der Waals surface area contributed by atoms with Crippen molar-refractivity contribution in [1.29, 1.82) is 0 Å². The number of benzene rings is 2. The Morgan fingerprint density at radius 2 is 1.68 bits per heavy atom. The topological polar surface area (TPSA) is 111 Å². The number of hydrazine groups is 2. The zero-order chi connectivity index (χ0) is 17.9. The molecule has 1 amide bonds. The van der Waals surface area contributed by atoms with Crippen LogP contribution in [0.3, 0.4) is 0 Å². The van der Waals surface area contributed by atoms with E-state index in [1.807, 2.05) is 0 Å². The summed E-state index contributed by atoms with van der Waals surface area (Å²) in [5, 5.41) is 2.73. The van der Waals surface area contributed by atoms with Gasteiger partial charge in [-0.05, 0) is 36.4 Å². The minimum Gasteiger partial charge on any atom is -0.325 e. The summed E-state index contributed by atoms with van der Waals surface area (Å²) in [4.78, 5) is 12.6. The van der Waals surface area contributed by atoms with E-state index >= 15 is 0 Å². The van der Waals surface area contributed by atoms with Gasteiger partial charge in [-0.1, -0.05) is 34.1 Å². The molecule has 0 spiro atoms. The highest BCUT2D eigenvalue weighted by Gasteiger charge is 2.35. The molecular weight excluding hydrogens is 410 g/mol. The van der Waals surface area contributed by atoms with Gasteiger partial charge in [0.05, 0.1) is 4.90 Å². The average molecular weight is 426 g/mol. The van der Waals surface area contributed by atoms with Crippen molar-refractivity contribution in [2.75, 3.05) is 5.32 Å². The molecule has 0 radical (unpaired) electrons. The monoisotopic (exact) mass is 425 g/mol. The lowest BCUT2D eigenvalue weighted by Gasteiger charge is -2.19. The van der Waals surface area contributed by atoms with Crippen LogP contribution in [0.1, 0.15) is 0 Å². The van der Waals surface area contributed by atoms with Gasteiger partial charge in [-0.2, -0.15) is 10.3 Å². The lowest BCUT2D eigenvalue weighted by atomic mass is 10.2. The molecule has 5 N–H and O–H groups in total. The third kappa shape index (κ3) is 4.42. The van der Waals surface area contributed by atoms with Crippen molar-refractivity contribution in [1.82, 2.24) is 21.1 Å².